The third-order valence-corrected chi connectivity index (χ3v) is 3.10. The van der Waals surface area contributed by atoms with Crippen LogP contribution in [0.1, 0.15) is 30.1 Å². The number of hydrogen-bond donors (Lipinski definition) is 0. The summed E-state index contributed by atoms with van der Waals surface area (Å²) in [5, 5.41) is 0.131. The molecule has 76 valence electrons. The molecule has 0 aromatic heterocycles. The van der Waals surface area contributed by atoms with Gasteiger partial charge in [0.15, 0.2) is 0 Å². The molecule has 0 N–H and O–H groups in total. The zero-order chi connectivity index (χ0) is 9.97. The van der Waals surface area contributed by atoms with Gasteiger partial charge in [0.1, 0.15) is 0 Å². The lowest BCUT2D eigenvalue weighted by molar-refractivity contribution is 0.0184. The highest BCUT2D eigenvalue weighted by molar-refractivity contribution is 6.21. The fourth-order valence-electron chi connectivity index (χ4n) is 1.81. The standard InChI is InChI=1S/C12H15ClO/c1-9-4-6-10(7-5-9)12-11(13)3-2-8-14-12/h4-7,11-12H,2-3,8H2,1H3/t11-,12+/m1/s1. The van der Waals surface area contributed by atoms with Crippen LogP contribution < -0.4 is 0 Å². The van der Waals surface area contributed by atoms with E-state index in [2.05, 4.69) is 31.2 Å². The van der Waals surface area contributed by atoms with E-state index in [4.69, 9.17) is 16.3 Å². The first-order valence-electron chi connectivity index (χ1n) is 5.09. The predicted molar refractivity (Wildman–Crippen MR) is 58.7 cm³/mol. The van der Waals surface area contributed by atoms with E-state index in [1.54, 1.807) is 0 Å². The molecule has 1 aromatic carbocycles. The highest BCUT2D eigenvalue weighted by atomic mass is 35.5. The third kappa shape index (κ3) is 2.10. The molecule has 0 aliphatic carbocycles. The van der Waals surface area contributed by atoms with Crippen LogP contribution in [0.5, 0.6) is 0 Å². The lowest BCUT2D eigenvalue weighted by Gasteiger charge is -2.27. The van der Waals surface area contributed by atoms with Crippen LogP contribution in [0.3, 0.4) is 0 Å². The molecule has 1 nitrogen and oxygen atoms in total. The van der Waals surface area contributed by atoms with Crippen molar-refractivity contribution in [1.29, 1.82) is 0 Å². The van der Waals surface area contributed by atoms with Gasteiger partial charge in [0.05, 0.1) is 11.5 Å². The van der Waals surface area contributed by atoms with Crippen LogP contribution >= 0.6 is 11.6 Å². The summed E-state index contributed by atoms with van der Waals surface area (Å²) in [4.78, 5) is 0. The van der Waals surface area contributed by atoms with Crippen molar-refractivity contribution < 1.29 is 4.74 Å². The Balaban J connectivity index is 2.16. The minimum atomic E-state index is 0.0889. The highest BCUT2D eigenvalue weighted by Gasteiger charge is 2.25. The van der Waals surface area contributed by atoms with Crippen molar-refractivity contribution in [1.82, 2.24) is 0 Å². The Morgan fingerprint density at radius 1 is 1.29 bits per heavy atom. The number of alkyl halides is 1. The van der Waals surface area contributed by atoms with E-state index >= 15 is 0 Å². The lowest BCUT2D eigenvalue weighted by Crippen LogP contribution is -2.22. The molecule has 0 saturated carbocycles. The van der Waals surface area contributed by atoms with E-state index in [1.165, 1.54) is 11.1 Å². The zero-order valence-corrected chi connectivity index (χ0v) is 9.13. The van der Waals surface area contributed by atoms with Crippen molar-refractivity contribution in [2.75, 3.05) is 6.61 Å². The molecule has 1 heterocycles. The Morgan fingerprint density at radius 2 is 2.00 bits per heavy atom. The quantitative estimate of drug-likeness (QED) is 0.646. The SMILES string of the molecule is Cc1ccc([C@@H]2OCCC[C@H]2Cl)cc1. The second kappa shape index (κ2) is 4.33. The lowest BCUT2D eigenvalue weighted by atomic mass is 10.00. The van der Waals surface area contributed by atoms with Gasteiger partial charge in [-0.25, -0.2) is 0 Å². The van der Waals surface area contributed by atoms with Gasteiger partial charge in [-0.3, -0.25) is 0 Å². The molecular formula is C12H15ClO. The molecule has 0 radical (unpaired) electrons. The zero-order valence-electron chi connectivity index (χ0n) is 8.37. The monoisotopic (exact) mass is 210 g/mol. The first-order valence-corrected chi connectivity index (χ1v) is 5.53. The molecule has 1 saturated heterocycles. The number of benzene rings is 1. The molecule has 1 aliphatic heterocycles. The molecule has 0 spiro atoms. The van der Waals surface area contributed by atoms with Crippen LogP contribution in [0.15, 0.2) is 24.3 Å². The van der Waals surface area contributed by atoms with Crippen molar-refractivity contribution in [2.45, 2.75) is 31.2 Å². The number of ether oxygens (including phenoxy) is 1. The van der Waals surface area contributed by atoms with Crippen molar-refractivity contribution in [3.63, 3.8) is 0 Å². The average Bonchev–Trinajstić information content (AvgIpc) is 2.20. The number of rotatable bonds is 1. The second-order valence-electron chi connectivity index (χ2n) is 3.86. The Hall–Kier alpha value is -0.530. The van der Waals surface area contributed by atoms with Gasteiger partial charge in [0, 0.05) is 6.61 Å². The average molecular weight is 211 g/mol. The van der Waals surface area contributed by atoms with Crippen LogP contribution in [-0.4, -0.2) is 12.0 Å². The maximum Gasteiger partial charge on any atom is 0.0988 e. The van der Waals surface area contributed by atoms with Crippen LogP contribution in [0, 0.1) is 6.92 Å². The molecule has 1 aliphatic rings. The summed E-state index contributed by atoms with van der Waals surface area (Å²) in [6.45, 7) is 2.92. The van der Waals surface area contributed by atoms with Gasteiger partial charge in [-0.2, -0.15) is 0 Å². The number of aryl methyl sites for hydroxylation is 1. The molecule has 0 bridgehead atoms. The molecule has 1 aromatic rings. The van der Waals surface area contributed by atoms with Crippen LogP contribution in [0.25, 0.3) is 0 Å². The molecule has 14 heavy (non-hydrogen) atoms. The van der Waals surface area contributed by atoms with Gasteiger partial charge in [-0.05, 0) is 25.3 Å². The first kappa shape index (κ1) is 10.0. The topological polar surface area (TPSA) is 9.23 Å². The van der Waals surface area contributed by atoms with Gasteiger partial charge in [0.25, 0.3) is 0 Å². The van der Waals surface area contributed by atoms with Crippen molar-refractivity contribution >= 4 is 11.6 Å². The summed E-state index contributed by atoms with van der Waals surface area (Å²) < 4.78 is 5.68. The maximum atomic E-state index is 6.23. The molecular weight excluding hydrogens is 196 g/mol. The second-order valence-corrected chi connectivity index (χ2v) is 4.42. The minimum Gasteiger partial charge on any atom is -0.372 e. The third-order valence-electron chi connectivity index (χ3n) is 2.66. The Kier molecular flexibility index (Phi) is 3.09. The fraction of sp³-hybridized carbons (Fsp3) is 0.500. The summed E-state index contributed by atoms with van der Waals surface area (Å²) >= 11 is 6.23. The fourth-order valence-corrected chi connectivity index (χ4v) is 2.18. The maximum absolute atomic E-state index is 6.23. The summed E-state index contributed by atoms with van der Waals surface area (Å²) in [6, 6.07) is 8.44. The first-order chi connectivity index (χ1) is 6.77. The molecule has 2 atom stereocenters. The van der Waals surface area contributed by atoms with Crippen LogP contribution in [0.2, 0.25) is 0 Å². The summed E-state index contributed by atoms with van der Waals surface area (Å²) in [5.74, 6) is 0. The van der Waals surface area contributed by atoms with E-state index in [9.17, 15) is 0 Å². The van der Waals surface area contributed by atoms with Gasteiger partial charge >= 0.3 is 0 Å². The van der Waals surface area contributed by atoms with Crippen LogP contribution in [-0.2, 0) is 4.74 Å². The van der Waals surface area contributed by atoms with E-state index in [-0.39, 0.29) is 11.5 Å². The smallest absolute Gasteiger partial charge is 0.0988 e. The Bertz CT molecular complexity index is 294. The predicted octanol–water partition coefficient (Wildman–Crippen LogP) is 3.45. The number of hydrogen-bond acceptors (Lipinski definition) is 1. The van der Waals surface area contributed by atoms with Crippen molar-refractivity contribution in [2.24, 2.45) is 0 Å². The van der Waals surface area contributed by atoms with E-state index < -0.39 is 0 Å². The van der Waals surface area contributed by atoms with Gasteiger partial charge in [-0.15, -0.1) is 11.6 Å². The molecule has 2 rings (SSSR count). The van der Waals surface area contributed by atoms with Crippen LogP contribution in [0.4, 0.5) is 0 Å². The highest BCUT2D eigenvalue weighted by Crippen LogP contribution is 2.32. The minimum absolute atomic E-state index is 0.0889. The molecule has 0 amide bonds. The van der Waals surface area contributed by atoms with Crippen molar-refractivity contribution in [3.05, 3.63) is 35.4 Å². The van der Waals surface area contributed by atoms with E-state index in [1.807, 2.05) is 0 Å². The normalized spacial score (nSPS) is 27.6. The molecule has 1 fully saturated rings. The van der Waals surface area contributed by atoms with E-state index in [0.717, 1.165) is 19.4 Å². The van der Waals surface area contributed by atoms with Gasteiger partial charge in [-0.1, -0.05) is 29.8 Å². The molecule has 0 unspecified atom stereocenters. The van der Waals surface area contributed by atoms with Gasteiger partial charge in [0.2, 0.25) is 0 Å². The summed E-state index contributed by atoms with van der Waals surface area (Å²) in [6.07, 6.45) is 2.22. The number of halogens is 1. The van der Waals surface area contributed by atoms with Gasteiger partial charge < -0.3 is 4.74 Å². The summed E-state index contributed by atoms with van der Waals surface area (Å²) in [7, 11) is 0. The largest absolute Gasteiger partial charge is 0.372 e. The Morgan fingerprint density at radius 3 is 2.64 bits per heavy atom. The molecule has 2 heteroatoms. The van der Waals surface area contributed by atoms with E-state index in [0.29, 0.717) is 0 Å². The summed E-state index contributed by atoms with van der Waals surface area (Å²) in [5.41, 5.74) is 2.48. The Labute approximate surface area is 90.0 Å². The van der Waals surface area contributed by atoms with Crippen molar-refractivity contribution in [3.8, 4) is 0 Å².